The first kappa shape index (κ1) is 13.2. The molecule has 2 rings (SSSR count). The first-order valence-corrected chi connectivity index (χ1v) is 7.00. The van der Waals surface area contributed by atoms with E-state index in [1.165, 1.54) is 12.3 Å². The molecule has 0 saturated heterocycles. The molecule has 5 nitrogen and oxygen atoms in total. The Labute approximate surface area is 111 Å². The lowest BCUT2D eigenvalue weighted by Gasteiger charge is -2.11. The average Bonchev–Trinajstić information content (AvgIpc) is 2.47. The molecule has 1 atom stereocenters. The van der Waals surface area contributed by atoms with Gasteiger partial charge in [0, 0.05) is 6.20 Å². The molecule has 19 heavy (non-hydrogen) atoms. The smallest absolute Gasteiger partial charge is 0.243 e. The molecule has 96 valence electrons. The van der Waals surface area contributed by atoms with E-state index < -0.39 is 16.1 Å². The summed E-state index contributed by atoms with van der Waals surface area (Å²) >= 11 is 0. The zero-order valence-electron chi connectivity index (χ0n) is 9.89. The zero-order valence-corrected chi connectivity index (χ0v) is 10.7. The van der Waals surface area contributed by atoms with Crippen molar-refractivity contribution >= 4 is 10.0 Å². The minimum Gasteiger partial charge on any atom is -0.243 e. The van der Waals surface area contributed by atoms with Crippen LogP contribution in [-0.2, 0) is 10.0 Å². The molecule has 1 heterocycles. The Balaban J connectivity index is 2.28. The molecular formula is C13H11N3O2S. The van der Waals surface area contributed by atoms with Gasteiger partial charge in [0.1, 0.15) is 6.04 Å². The molecule has 2 aromatic rings. The topological polar surface area (TPSA) is 82.9 Å². The molecular weight excluding hydrogens is 262 g/mol. The highest BCUT2D eigenvalue weighted by molar-refractivity contribution is 7.89. The van der Waals surface area contributed by atoms with Crippen molar-refractivity contribution < 1.29 is 8.42 Å². The minimum absolute atomic E-state index is 0.105. The molecule has 0 saturated carbocycles. The van der Waals surface area contributed by atoms with Crippen LogP contribution in [0.25, 0.3) is 0 Å². The summed E-state index contributed by atoms with van der Waals surface area (Å²) in [6.07, 6.45) is 1.39. The highest BCUT2D eigenvalue weighted by Gasteiger charge is 2.21. The van der Waals surface area contributed by atoms with Crippen LogP contribution >= 0.6 is 0 Å². The number of aromatic nitrogens is 1. The summed E-state index contributed by atoms with van der Waals surface area (Å²) in [4.78, 5) is 3.77. The van der Waals surface area contributed by atoms with Gasteiger partial charge in [0.25, 0.3) is 10.0 Å². The van der Waals surface area contributed by atoms with E-state index in [4.69, 9.17) is 5.26 Å². The standard InChI is InChI=1S/C13H11N3O2S/c14-10-12(11-6-2-1-3-7-11)16-19(17,18)13-8-4-5-9-15-13/h1-9,12,16H. The zero-order chi connectivity index (χ0) is 13.7. The Hall–Kier alpha value is -2.23. The van der Waals surface area contributed by atoms with Gasteiger partial charge < -0.3 is 0 Å². The highest BCUT2D eigenvalue weighted by Crippen LogP contribution is 2.15. The lowest BCUT2D eigenvalue weighted by molar-refractivity contribution is 0.571. The van der Waals surface area contributed by atoms with Crippen LogP contribution in [-0.4, -0.2) is 13.4 Å². The maximum atomic E-state index is 12.1. The van der Waals surface area contributed by atoms with E-state index in [0.29, 0.717) is 5.56 Å². The van der Waals surface area contributed by atoms with Crippen molar-refractivity contribution in [1.29, 1.82) is 5.26 Å². The Kier molecular flexibility index (Phi) is 3.90. The van der Waals surface area contributed by atoms with Crippen molar-refractivity contribution in [2.75, 3.05) is 0 Å². The van der Waals surface area contributed by atoms with Gasteiger partial charge in [0.2, 0.25) is 0 Å². The molecule has 0 spiro atoms. The van der Waals surface area contributed by atoms with Gasteiger partial charge in [-0.1, -0.05) is 36.4 Å². The molecule has 0 aliphatic carbocycles. The van der Waals surface area contributed by atoms with Gasteiger partial charge in [-0.2, -0.15) is 9.98 Å². The van der Waals surface area contributed by atoms with Gasteiger partial charge in [0.15, 0.2) is 5.03 Å². The van der Waals surface area contributed by atoms with Gasteiger partial charge in [-0.25, -0.2) is 13.4 Å². The third-order valence-electron chi connectivity index (χ3n) is 2.45. The molecule has 0 amide bonds. The summed E-state index contributed by atoms with van der Waals surface area (Å²) in [6, 6.07) is 14.2. The number of nitriles is 1. The third kappa shape index (κ3) is 3.16. The molecule has 0 aliphatic heterocycles. The maximum Gasteiger partial charge on any atom is 0.259 e. The number of hydrogen-bond acceptors (Lipinski definition) is 4. The second kappa shape index (κ2) is 5.61. The average molecular weight is 273 g/mol. The van der Waals surface area contributed by atoms with Crippen molar-refractivity contribution in [2.45, 2.75) is 11.1 Å². The number of hydrogen-bond donors (Lipinski definition) is 1. The third-order valence-corrected chi connectivity index (χ3v) is 3.79. The summed E-state index contributed by atoms with van der Waals surface area (Å²) in [5.41, 5.74) is 0.588. The first-order valence-electron chi connectivity index (χ1n) is 5.51. The van der Waals surface area contributed by atoms with Crippen molar-refractivity contribution in [2.24, 2.45) is 0 Å². The number of benzene rings is 1. The van der Waals surface area contributed by atoms with Crippen LogP contribution in [0.4, 0.5) is 0 Å². The molecule has 0 radical (unpaired) electrons. The lowest BCUT2D eigenvalue weighted by Crippen LogP contribution is -2.28. The van der Waals surface area contributed by atoms with Crippen LogP contribution in [0.15, 0.2) is 59.8 Å². The Morgan fingerprint density at radius 2 is 1.79 bits per heavy atom. The fourth-order valence-corrected chi connectivity index (χ4v) is 2.61. The van der Waals surface area contributed by atoms with Crippen LogP contribution in [0, 0.1) is 11.3 Å². The van der Waals surface area contributed by atoms with Gasteiger partial charge in [0.05, 0.1) is 6.07 Å². The first-order chi connectivity index (χ1) is 9.13. The summed E-state index contributed by atoms with van der Waals surface area (Å²) in [5.74, 6) is 0. The number of sulfonamides is 1. The van der Waals surface area contributed by atoms with Crippen LogP contribution in [0.1, 0.15) is 11.6 Å². The summed E-state index contributed by atoms with van der Waals surface area (Å²) in [6.45, 7) is 0. The van der Waals surface area contributed by atoms with Crippen LogP contribution in [0.2, 0.25) is 0 Å². The van der Waals surface area contributed by atoms with Crippen molar-refractivity contribution in [1.82, 2.24) is 9.71 Å². The van der Waals surface area contributed by atoms with Gasteiger partial charge in [-0.15, -0.1) is 0 Å². The van der Waals surface area contributed by atoms with Crippen LogP contribution in [0.5, 0.6) is 0 Å². The predicted octanol–water partition coefficient (Wildman–Crippen LogP) is 1.62. The molecule has 1 unspecified atom stereocenters. The highest BCUT2D eigenvalue weighted by atomic mass is 32.2. The second-order valence-corrected chi connectivity index (χ2v) is 5.42. The molecule has 1 aromatic carbocycles. The van der Waals surface area contributed by atoms with E-state index in [0.717, 1.165) is 0 Å². The maximum absolute atomic E-state index is 12.1. The predicted molar refractivity (Wildman–Crippen MR) is 69.4 cm³/mol. The lowest BCUT2D eigenvalue weighted by atomic mass is 10.1. The second-order valence-electron chi connectivity index (χ2n) is 3.76. The molecule has 1 N–H and O–H groups in total. The quantitative estimate of drug-likeness (QED) is 0.917. The van der Waals surface area contributed by atoms with E-state index >= 15 is 0 Å². The molecule has 0 bridgehead atoms. The SMILES string of the molecule is N#CC(NS(=O)(=O)c1ccccn1)c1ccccc1. The van der Waals surface area contributed by atoms with Crippen molar-refractivity contribution in [3.8, 4) is 6.07 Å². The fraction of sp³-hybridized carbons (Fsp3) is 0.0769. The van der Waals surface area contributed by atoms with Crippen molar-refractivity contribution in [3.63, 3.8) is 0 Å². The normalized spacial score (nSPS) is 12.6. The number of nitrogens with zero attached hydrogens (tertiary/aromatic N) is 2. The molecule has 0 fully saturated rings. The Morgan fingerprint density at radius 1 is 1.11 bits per heavy atom. The van der Waals surface area contributed by atoms with Gasteiger partial charge in [-0.05, 0) is 17.7 Å². The van der Waals surface area contributed by atoms with Crippen molar-refractivity contribution in [3.05, 3.63) is 60.3 Å². The summed E-state index contributed by atoms with van der Waals surface area (Å²) in [7, 11) is -3.80. The van der Waals surface area contributed by atoms with Crippen LogP contribution in [0.3, 0.4) is 0 Å². The van der Waals surface area contributed by atoms with Gasteiger partial charge >= 0.3 is 0 Å². The van der Waals surface area contributed by atoms with E-state index in [1.54, 1.807) is 42.5 Å². The Morgan fingerprint density at radius 3 is 2.37 bits per heavy atom. The summed E-state index contributed by atoms with van der Waals surface area (Å²) < 4.78 is 26.4. The Bertz CT molecular complexity index is 679. The van der Waals surface area contributed by atoms with E-state index in [-0.39, 0.29) is 5.03 Å². The molecule has 0 aliphatic rings. The van der Waals surface area contributed by atoms with Gasteiger partial charge in [-0.3, -0.25) is 0 Å². The molecule has 1 aromatic heterocycles. The van der Waals surface area contributed by atoms with Crippen LogP contribution < -0.4 is 4.72 Å². The largest absolute Gasteiger partial charge is 0.259 e. The number of pyridine rings is 1. The van der Waals surface area contributed by atoms with E-state index in [1.807, 2.05) is 6.07 Å². The minimum atomic E-state index is -3.80. The number of nitrogens with one attached hydrogen (secondary N) is 1. The summed E-state index contributed by atoms with van der Waals surface area (Å²) in [5, 5.41) is 8.99. The fourth-order valence-electron chi connectivity index (χ4n) is 1.54. The molecule has 6 heteroatoms. The number of rotatable bonds is 4. The monoisotopic (exact) mass is 273 g/mol. The van der Waals surface area contributed by atoms with E-state index in [9.17, 15) is 8.42 Å². The van der Waals surface area contributed by atoms with E-state index in [2.05, 4.69) is 9.71 Å².